The molecule has 1 fully saturated rings. The molecule has 0 aromatic carbocycles. The molecule has 7 nitrogen and oxygen atoms in total. The third kappa shape index (κ3) is 3.03. The molecule has 3 N–H and O–H groups in total. The number of aromatic nitrogens is 3. The summed E-state index contributed by atoms with van der Waals surface area (Å²) in [4.78, 5) is 17.1. The molecular formula is C14H19N7. The quantitative estimate of drug-likeness (QED) is 0.868. The van der Waals surface area contributed by atoms with Crippen LogP contribution in [0.4, 0.5) is 23.0 Å². The van der Waals surface area contributed by atoms with Crippen molar-refractivity contribution >= 4 is 23.0 Å². The lowest BCUT2D eigenvalue weighted by Gasteiger charge is -2.33. The maximum atomic E-state index is 6.24. The second-order valence-electron chi connectivity index (χ2n) is 5.11. The van der Waals surface area contributed by atoms with E-state index in [0.29, 0.717) is 11.5 Å². The van der Waals surface area contributed by atoms with Gasteiger partial charge in [0.25, 0.3) is 0 Å². The molecule has 0 saturated carbocycles. The Morgan fingerprint density at radius 3 is 2.52 bits per heavy atom. The molecule has 2 aromatic heterocycles. The molecule has 0 unspecified atom stereocenters. The van der Waals surface area contributed by atoms with Gasteiger partial charge in [0.15, 0.2) is 11.6 Å². The summed E-state index contributed by atoms with van der Waals surface area (Å²) in [6.45, 7) is 3.87. The van der Waals surface area contributed by atoms with Crippen molar-refractivity contribution in [3.05, 3.63) is 30.9 Å². The van der Waals surface area contributed by atoms with E-state index < -0.39 is 0 Å². The number of likely N-dealkylation sites (N-methyl/N-ethyl adjacent to an activating group) is 1. The Kier molecular flexibility index (Phi) is 3.83. The summed E-state index contributed by atoms with van der Waals surface area (Å²) in [6, 6.07) is 3.74. The number of nitrogen functional groups attached to an aromatic ring is 1. The Labute approximate surface area is 123 Å². The first-order valence-corrected chi connectivity index (χ1v) is 6.95. The first kappa shape index (κ1) is 13.6. The van der Waals surface area contributed by atoms with Crippen LogP contribution in [0.2, 0.25) is 0 Å². The zero-order chi connectivity index (χ0) is 14.7. The average Bonchev–Trinajstić information content (AvgIpc) is 2.52. The van der Waals surface area contributed by atoms with Crippen molar-refractivity contribution in [1.29, 1.82) is 0 Å². The largest absolute Gasteiger partial charge is 0.393 e. The van der Waals surface area contributed by atoms with Gasteiger partial charge < -0.3 is 20.9 Å². The number of nitrogens with two attached hydrogens (primary N) is 1. The summed E-state index contributed by atoms with van der Waals surface area (Å²) in [6.07, 6.45) is 5.00. The molecule has 0 aliphatic carbocycles. The molecule has 0 radical (unpaired) electrons. The number of pyridine rings is 1. The van der Waals surface area contributed by atoms with Crippen LogP contribution in [-0.4, -0.2) is 53.1 Å². The highest BCUT2D eigenvalue weighted by Gasteiger charge is 2.19. The van der Waals surface area contributed by atoms with Crippen molar-refractivity contribution in [3.63, 3.8) is 0 Å². The van der Waals surface area contributed by atoms with E-state index in [1.54, 1.807) is 18.7 Å². The first-order valence-electron chi connectivity index (χ1n) is 6.95. The van der Waals surface area contributed by atoms with Crippen molar-refractivity contribution in [3.8, 4) is 0 Å². The first-order chi connectivity index (χ1) is 10.2. The van der Waals surface area contributed by atoms with Crippen LogP contribution in [-0.2, 0) is 0 Å². The van der Waals surface area contributed by atoms with Gasteiger partial charge in [-0.05, 0) is 19.2 Å². The van der Waals surface area contributed by atoms with E-state index in [-0.39, 0.29) is 0 Å². The Morgan fingerprint density at radius 2 is 1.81 bits per heavy atom. The minimum atomic E-state index is 0.582. The van der Waals surface area contributed by atoms with E-state index >= 15 is 0 Å². The maximum absolute atomic E-state index is 6.24. The van der Waals surface area contributed by atoms with Gasteiger partial charge in [0.2, 0.25) is 0 Å². The van der Waals surface area contributed by atoms with Crippen molar-refractivity contribution in [2.24, 2.45) is 0 Å². The summed E-state index contributed by atoms with van der Waals surface area (Å²) >= 11 is 0. The molecule has 0 bridgehead atoms. The number of nitrogens with one attached hydrogen (secondary N) is 1. The highest BCUT2D eigenvalue weighted by molar-refractivity contribution is 5.78. The van der Waals surface area contributed by atoms with Gasteiger partial charge in [-0.2, -0.15) is 0 Å². The monoisotopic (exact) mass is 285 g/mol. The van der Waals surface area contributed by atoms with Crippen LogP contribution in [0.25, 0.3) is 0 Å². The third-order valence-corrected chi connectivity index (χ3v) is 3.61. The molecule has 0 spiro atoms. The van der Waals surface area contributed by atoms with Crippen molar-refractivity contribution < 1.29 is 0 Å². The van der Waals surface area contributed by atoms with E-state index in [0.717, 1.165) is 37.7 Å². The molecule has 1 aliphatic rings. The van der Waals surface area contributed by atoms with Gasteiger partial charge in [-0.25, -0.2) is 9.97 Å². The summed E-state index contributed by atoms with van der Waals surface area (Å²) in [5.74, 6) is 1.43. The minimum Gasteiger partial charge on any atom is -0.393 e. The molecule has 0 atom stereocenters. The molecule has 1 saturated heterocycles. The van der Waals surface area contributed by atoms with Gasteiger partial charge in [0.05, 0.1) is 0 Å². The van der Waals surface area contributed by atoms with Crippen molar-refractivity contribution in [2.45, 2.75) is 0 Å². The van der Waals surface area contributed by atoms with Gasteiger partial charge in [-0.3, -0.25) is 4.98 Å². The second kappa shape index (κ2) is 5.92. The fraction of sp³-hybridized carbons (Fsp3) is 0.357. The number of hydrogen-bond acceptors (Lipinski definition) is 7. The smallest absolute Gasteiger partial charge is 0.159 e. The summed E-state index contributed by atoms with van der Waals surface area (Å²) in [5, 5.41) is 3.21. The summed E-state index contributed by atoms with van der Waals surface area (Å²) in [5.41, 5.74) is 7.72. The minimum absolute atomic E-state index is 0.582. The summed E-state index contributed by atoms with van der Waals surface area (Å²) in [7, 11) is 2.12. The van der Waals surface area contributed by atoms with E-state index in [4.69, 9.17) is 5.73 Å². The lowest BCUT2D eigenvalue weighted by molar-refractivity contribution is 0.312. The molecule has 2 aromatic rings. The van der Waals surface area contributed by atoms with Gasteiger partial charge in [-0.1, -0.05) is 0 Å². The fourth-order valence-corrected chi connectivity index (χ4v) is 2.33. The SMILES string of the molecule is CN1CCN(c2ncnc(Nc3ccncc3)c2N)CC1. The lowest BCUT2D eigenvalue weighted by Crippen LogP contribution is -2.45. The van der Waals surface area contributed by atoms with Gasteiger partial charge in [0.1, 0.15) is 12.0 Å². The topological polar surface area (TPSA) is 83.2 Å². The zero-order valence-corrected chi connectivity index (χ0v) is 12.0. The van der Waals surface area contributed by atoms with Crippen LogP contribution >= 0.6 is 0 Å². The third-order valence-electron chi connectivity index (χ3n) is 3.61. The Balaban J connectivity index is 1.82. The van der Waals surface area contributed by atoms with E-state index in [2.05, 4.69) is 37.1 Å². The maximum Gasteiger partial charge on any atom is 0.159 e. The summed E-state index contributed by atoms with van der Waals surface area (Å²) < 4.78 is 0. The fourth-order valence-electron chi connectivity index (χ4n) is 2.33. The average molecular weight is 285 g/mol. The lowest BCUT2D eigenvalue weighted by atomic mass is 10.3. The van der Waals surface area contributed by atoms with Gasteiger partial charge >= 0.3 is 0 Å². The number of hydrogen-bond donors (Lipinski definition) is 2. The Bertz CT molecular complexity index is 594. The van der Waals surface area contributed by atoms with E-state index in [9.17, 15) is 0 Å². The number of nitrogens with zero attached hydrogens (tertiary/aromatic N) is 5. The molecular weight excluding hydrogens is 266 g/mol. The van der Waals surface area contributed by atoms with Gasteiger partial charge in [-0.15, -0.1) is 0 Å². The highest BCUT2D eigenvalue weighted by Crippen LogP contribution is 2.28. The molecule has 7 heteroatoms. The zero-order valence-electron chi connectivity index (χ0n) is 12.0. The van der Waals surface area contributed by atoms with Crippen molar-refractivity contribution in [1.82, 2.24) is 19.9 Å². The van der Waals surface area contributed by atoms with Crippen LogP contribution in [0, 0.1) is 0 Å². The van der Waals surface area contributed by atoms with E-state index in [1.165, 1.54) is 0 Å². The van der Waals surface area contributed by atoms with Crippen LogP contribution in [0.15, 0.2) is 30.9 Å². The Morgan fingerprint density at radius 1 is 1.10 bits per heavy atom. The molecule has 3 rings (SSSR count). The Hall–Kier alpha value is -2.41. The predicted octanol–water partition coefficient (Wildman–Crippen LogP) is 0.949. The number of anilines is 4. The van der Waals surface area contributed by atoms with E-state index in [1.807, 2.05) is 12.1 Å². The van der Waals surface area contributed by atoms with Crippen LogP contribution in [0.1, 0.15) is 0 Å². The highest BCUT2D eigenvalue weighted by atomic mass is 15.3. The number of piperazine rings is 1. The molecule has 3 heterocycles. The standard InChI is InChI=1S/C14H19N7/c1-20-6-8-21(9-7-20)14-12(15)13(17-10-18-14)19-11-2-4-16-5-3-11/h2-5,10H,6-9,15H2,1H3,(H,16,17,18,19). The number of rotatable bonds is 3. The normalized spacial score (nSPS) is 16.0. The molecule has 110 valence electrons. The molecule has 0 amide bonds. The predicted molar refractivity (Wildman–Crippen MR) is 83.7 cm³/mol. The van der Waals surface area contributed by atoms with Crippen LogP contribution in [0.5, 0.6) is 0 Å². The van der Waals surface area contributed by atoms with Crippen molar-refractivity contribution in [2.75, 3.05) is 49.2 Å². The van der Waals surface area contributed by atoms with Crippen LogP contribution < -0.4 is 16.0 Å². The molecule has 21 heavy (non-hydrogen) atoms. The molecule has 1 aliphatic heterocycles. The van der Waals surface area contributed by atoms with Crippen LogP contribution in [0.3, 0.4) is 0 Å². The van der Waals surface area contributed by atoms with Gasteiger partial charge in [0, 0.05) is 44.3 Å². The second-order valence-corrected chi connectivity index (χ2v) is 5.11.